The van der Waals surface area contributed by atoms with Crippen LogP contribution in [0.4, 0.5) is 4.39 Å². The first-order valence-corrected chi connectivity index (χ1v) is 4.57. The van der Waals surface area contributed by atoms with Crippen molar-refractivity contribution in [3.05, 3.63) is 34.1 Å². The van der Waals surface area contributed by atoms with Crippen LogP contribution in [0.2, 0.25) is 5.02 Å². The Labute approximate surface area is 86.7 Å². The van der Waals surface area contributed by atoms with Gasteiger partial charge in [-0.2, -0.15) is 0 Å². The van der Waals surface area contributed by atoms with Gasteiger partial charge in [0.2, 0.25) is 0 Å². The Kier molecular flexibility index (Phi) is 3.59. The summed E-state index contributed by atoms with van der Waals surface area (Å²) in [5.41, 5.74) is 0.992. The number of aryl methyl sites for hydroxylation is 1. The van der Waals surface area contributed by atoms with E-state index in [1.807, 2.05) is 0 Å². The van der Waals surface area contributed by atoms with Crippen molar-refractivity contribution in [1.82, 2.24) is 0 Å². The molecule has 0 fully saturated rings. The predicted molar refractivity (Wildman–Crippen MR) is 53.7 cm³/mol. The summed E-state index contributed by atoms with van der Waals surface area (Å²) in [6.07, 6.45) is 0. The smallest absolute Gasteiger partial charge is 0.139 e. The summed E-state index contributed by atoms with van der Waals surface area (Å²) in [5.74, 6) is 4.98. The van der Waals surface area contributed by atoms with Gasteiger partial charge in [0, 0.05) is 5.02 Å². The van der Waals surface area contributed by atoms with Gasteiger partial charge in [-0.25, -0.2) is 4.39 Å². The number of rotatable bonds is 0. The van der Waals surface area contributed by atoms with E-state index in [1.165, 1.54) is 12.1 Å². The molecule has 0 saturated heterocycles. The first-order chi connectivity index (χ1) is 6.15. The number of hydrogen-bond donors (Lipinski definition) is 0. The summed E-state index contributed by atoms with van der Waals surface area (Å²) >= 11 is 11.1. The van der Waals surface area contributed by atoms with E-state index in [0.29, 0.717) is 10.6 Å². The lowest BCUT2D eigenvalue weighted by atomic mass is 10.1. The average molecular weight is 217 g/mol. The van der Waals surface area contributed by atoms with Crippen LogP contribution in [0, 0.1) is 24.6 Å². The molecule has 0 aliphatic carbocycles. The SMILES string of the molecule is Cc1cc(F)c(C#CCCl)cc1Cl. The summed E-state index contributed by atoms with van der Waals surface area (Å²) < 4.78 is 13.1. The van der Waals surface area contributed by atoms with E-state index in [9.17, 15) is 4.39 Å². The third-order valence-electron chi connectivity index (χ3n) is 1.54. The molecular weight excluding hydrogens is 210 g/mol. The number of benzene rings is 1. The fourth-order valence-corrected chi connectivity index (χ4v) is 1.10. The van der Waals surface area contributed by atoms with Crippen molar-refractivity contribution in [3.63, 3.8) is 0 Å². The zero-order chi connectivity index (χ0) is 9.84. The Morgan fingerprint density at radius 1 is 1.46 bits per heavy atom. The minimum atomic E-state index is -0.362. The molecule has 0 unspecified atom stereocenters. The maximum absolute atomic E-state index is 13.1. The van der Waals surface area contributed by atoms with Crippen LogP contribution >= 0.6 is 23.2 Å². The second-order valence-corrected chi connectivity index (χ2v) is 3.19. The van der Waals surface area contributed by atoms with Crippen LogP contribution in [-0.4, -0.2) is 5.88 Å². The third kappa shape index (κ3) is 2.62. The molecule has 0 nitrogen and oxygen atoms in total. The molecule has 0 aliphatic heterocycles. The summed E-state index contributed by atoms with van der Waals surface area (Å²) in [4.78, 5) is 0. The minimum Gasteiger partial charge on any atom is -0.206 e. The summed E-state index contributed by atoms with van der Waals surface area (Å²) in [7, 11) is 0. The van der Waals surface area contributed by atoms with Crippen molar-refractivity contribution in [2.75, 3.05) is 5.88 Å². The van der Waals surface area contributed by atoms with E-state index < -0.39 is 0 Å². The third-order valence-corrected chi connectivity index (χ3v) is 2.08. The molecule has 0 saturated carbocycles. The highest BCUT2D eigenvalue weighted by atomic mass is 35.5. The zero-order valence-electron chi connectivity index (χ0n) is 7.00. The van der Waals surface area contributed by atoms with Crippen LogP contribution in [0.3, 0.4) is 0 Å². The molecule has 0 heterocycles. The molecule has 0 N–H and O–H groups in total. The van der Waals surface area contributed by atoms with Crippen molar-refractivity contribution in [1.29, 1.82) is 0 Å². The summed E-state index contributed by atoms with van der Waals surface area (Å²) in [6, 6.07) is 2.87. The molecule has 13 heavy (non-hydrogen) atoms. The fraction of sp³-hybridized carbons (Fsp3) is 0.200. The molecule has 1 rings (SSSR count). The summed E-state index contributed by atoms with van der Waals surface area (Å²) in [6.45, 7) is 1.74. The molecule has 0 atom stereocenters. The lowest BCUT2D eigenvalue weighted by Crippen LogP contribution is -1.86. The molecule has 0 amide bonds. The van der Waals surface area contributed by atoms with Crippen LogP contribution in [-0.2, 0) is 0 Å². The van der Waals surface area contributed by atoms with Gasteiger partial charge >= 0.3 is 0 Å². The Hall–Kier alpha value is -0.710. The average Bonchev–Trinajstić information content (AvgIpc) is 2.09. The minimum absolute atomic E-state index is 0.185. The van der Waals surface area contributed by atoms with Gasteiger partial charge in [0.05, 0.1) is 11.4 Å². The van der Waals surface area contributed by atoms with Gasteiger partial charge in [-0.05, 0) is 24.6 Å². The predicted octanol–water partition coefficient (Wildman–Crippen LogP) is 3.38. The van der Waals surface area contributed by atoms with E-state index >= 15 is 0 Å². The van der Waals surface area contributed by atoms with E-state index in [1.54, 1.807) is 6.92 Å². The number of alkyl halides is 1. The van der Waals surface area contributed by atoms with Crippen molar-refractivity contribution in [2.24, 2.45) is 0 Å². The highest BCUT2D eigenvalue weighted by Gasteiger charge is 2.02. The highest BCUT2D eigenvalue weighted by molar-refractivity contribution is 6.31. The molecule has 1 aromatic carbocycles. The first-order valence-electron chi connectivity index (χ1n) is 3.65. The van der Waals surface area contributed by atoms with Gasteiger partial charge in [0.25, 0.3) is 0 Å². The number of halogens is 3. The van der Waals surface area contributed by atoms with Crippen LogP contribution in [0.25, 0.3) is 0 Å². The van der Waals surface area contributed by atoms with Crippen molar-refractivity contribution >= 4 is 23.2 Å². The van der Waals surface area contributed by atoms with Gasteiger partial charge in [0.15, 0.2) is 0 Å². The van der Waals surface area contributed by atoms with Crippen molar-refractivity contribution in [3.8, 4) is 11.8 Å². The topological polar surface area (TPSA) is 0 Å². The Balaban J connectivity index is 3.16. The fourth-order valence-electron chi connectivity index (χ4n) is 0.871. The molecule has 0 bridgehead atoms. The first kappa shape index (κ1) is 10.4. The quantitative estimate of drug-likeness (QED) is 0.461. The molecule has 0 aliphatic rings. The Morgan fingerprint density at radius 3 is 2.77 bits per heavy atom. The molecule has 68 valence electrons. The maximum atomic E-state index is 13.1. The normalized spacial score (nSPS) is 9.23. The molecule has 1 aromatic rings. The van der Waals surface area contributed by atoms with E-state index in [2.05, 4.69) is 11.8 Å². The second-order valence-electron chi connectivity index (χ2n) is 2.52. The Bertz CT molecular complexity index is 374. The standard InChI is InChI=1S/C10H7Cl2F/c1-7-5-10(13)8(3-2-4-11)6-9(7)12/h5-6H,4H2,1H3. The number of hydrogen-bond acceptors (Lipinski definition) is 0. The molecular formula is C10H7Cl2F. The molecule has 0 aromatic heterocycles. The van der Waals surface area contributed by atoms with Gasteiger partial charge in [0.1, 0.15) is 5.82 Å². The van der Waals surface area contributed by atoms with Crippen LogP contribution in [0.1, 0.15) is 11.1 Å². The van der Waals surface area contributed by atoms with Gasteiger partial charge < -0.3 is 0 Å². The van der Waals surface area contributed by atoms with Crippen LogP contribution in [0.5, 0.6) is 0 Å². The zero-order valence-corrected chi connectivity index (χ0v) is 8.51. The maximum Gasteiger partial charge on any atom is 0.139 e. The largest absolute Gasteiger partial charge is 0.206 e. The molecule has 0 spiro atoms. The van der Waals surface area contributed by atoms with E-state index in [-0.39, 0.29) is 17.3 Å². The second kappa shape index (κ2) is 4.50. The van der Waals surface area contributed by atoms with E-state index in [4.69, 9.17) is 23.2 Å². The van der Waals surface area contributed by atoms with Gasteiger partial charge in [-0.1, -0.05) is 23.4 Å². The Morgan fingerprint density at radius 2 is 2.15 bits per heavy atom. The monoisotopic (exact) mass is 216 g/mol. The van der Waals surface area contributed by atoms with Gasteiger partial charge in [-0.3, -0.25) is 0 Å². The highest BCUT2D eigenvalue weighted by Crippen LogP contribution is 2.19. The summed E-state index contributed by atoms with van der Waals surface area (Å²) in [5, 5.41) is 0.514. The van der Waals surface area contributed by atoms with Crippen LogP contribution < -0.4 is 0 Å². The van der Waals surface area contributed by atoms with Gasteiger partial charge in [-0.15, -0.1) is 11.6 Å². The van der Waals surface area contributed by atoms with Crippen molar-refractivity contribution < 1.29 is 4.39 Å². The lowest BCUT2D eigenvalue weighted by molar-refractivity contribution is 0.623. The molecule has 3 heteroatoms. The van der Waals surface area contributed by atoms with Crippen LogP contribution in [0.15, 0.2) is 12.1 Å². The van der Waals surface area contributed by atoms with Crippen molar-refractivity contribution in [2.45, 2.75) is 6.92 Å². The van der Waals surface area contributed by atoms with E-state index in [0.717, 1.165) is 0 Å². The molecule has 0 radical (unpaired) electrons. The lowest BCUT2D eigenvalue weighted by Gasteiger charge is -1.99.